The number of likely N-dealkylation sites (N-methyl/N-ethyl adjacent to an activating group) is 1. The number of nitrogens with two attached hydrogens (primary N) is 1. The van der Waals surface area contributed by atoms with Crippen molar-refractivity contribution in [1.29, 1.82) is 0 Å². The maximum Gasteiger partial charge on any atom is 0.270 e. The van der Waals surface area contributed by atoms with Crippen LogP contribution in [0.4, 0.5) is 18.9 Å². The number of primary amides is 1. The van der Waals surface area contributed by atoms with Gasteiger partial charge in [-0.3, -0.25) is 19.2 Å². The number of H-pyrrole nitrogens is 1. The molecule has 9 nitrogen and oxygen atoms in total. The Bertz CT molecular complexity index is 1760. The second-order valence-corrected chi connectivity index (χ2v) is 10.3. The first-order valence-electron chi connectivity index (χ1n) is 14.9. The summed E-state index contributed by atoms with van der Waals surface area (Å²) < 4.78 is 85.5. The van der Waals surface area contributed by atoms with E-state index in [0.29, 0.717) is 4.90 Å². The number of aromatic nitrogens is 1. The van der Waals surface area contributed by atoms with Crippen molar-refractivity contribution in [1.82, 2.24) is 14.8 Å². The summed E-state index contributed by atoms with van der Waals surface area (Å²) in [6.45, 7) is -3.20. The van der Waals surface area contributed by atoms with E-state index in [2.05, 4.69) is 10.3 Å². The van der Waals surface area contributed by atoms with Crippen molar-refractivity contribution in [3.8, 4) is 0 Å². The Balaban J connectivity index is 1.65. The third-order valence-corrected chi connectivity index (χ3v) is 7.21. The lowest BCUT2D eigenvalue weighted by Gasteiger charge is -2.33. The molecule has 0 bridgehead atoms. The zero-order chi connectivity index (χ0) is 33.4. The fourth-order valence-electron chi connectivity index (χ4n) is 5.27. The molecule has 1 spiro atoms. The predicted octanol–water partition coefficient (Wildman–Crippen LogP) is 3.05. The zero-order valence-corrected chi connectivity index (χ0v) is 21.3. The van der Waals surface area contributed by atoms with Crippen molar-refractivity contribution in [3.05, 3.63) is 65.1 Å². The summed E-state index contributed by atoms with van der Waals surface area (Å²) in [5, 5.41) is 2.00. The van der Waals surface area contributed by atoms with Gasteiger partial charge in [-0.25, -0.2) is 13.2 Å². The molecule has 2 aliphatic rings. The maximum absolute atomic E-state index is 14.5. The number of hydrogen-bond donors (Lipinski definition) is 3. The highest BCUT2D eigenvalue weighted by Crippen LogP contribution is 2.46. The van der Waals surface area contributed by atoms with Crippen molar-refractivity contribution in [2.24, 2.45) is 11.7 Å². The van der Waals surface area contributed by atoms with Crippen LogP contribution >= 0.6 is 0 Å². The van der Waals surface area contributed by atoms with Crippen LogP contribution < -0.4 is 11.1 Å². The maximum atomic E-state index is 14.5. The molecule has 210 valence electrons. The lowest BCUT2D eigenvalue weighted by molar-refractivity contribution is -0.141. The van der Waals surface area contributed by atoms with Gasteiger partial charge in [-0.15, -0.1) is 0 Å². The van der Waals surface area contributed by atoms with Crippen LogP contribution in [0, 0.1) is 23.4 Å². The predicted molar refractivity (Wildman–Crippen MR) is 140 cm³/mol. The van der Waals surface area contributed by atoms with Gasteiger partial charge in [-0.1, -0.05) is 32.0 Å². The smallest absolute Gasteiger partial charge is 0.270 e. The lowest BCUT2D eigenvalue weighted by Crippen LogP contribution is -2.54. The number of nitrogens with one attached hydrogen (secondary N) is 2. The Morgan fingerprint density at radius 3 is 2.62 bits per heavy atom. The number of carbonyl (C=O) groups excluding carboxylic acids is 4. The number of halogens is 3. The van der Waals surface area contributed by atoms with Gasteiger partial charge in [0.1, 0.15) is 23.6 Å². The quantitative estimate of drug-likeness (QED) is 0.401. The molecular formula is C28H28F3N5O4. The van der Waals surface area contributed by atoms with Crippen LogP contribution in [-0.2, 0) is 19.8 Å². The van der Waals surface area contributed by atoms with E-state index < -0.39 is 101 Å². The molecule has 0 saturated carbocycles. The number of hydrogen-bond acceptors (Lipinski definition) is 4. The molecule has 1 fully saturated rings. The van der Waals surface area contributed by atoms with E-state index in [1.165, 1.54) is 18.2 Å². The van der Waals surface area contributed by atoms with Crippen LogP contribution in [-0.4, -0.2) is 64.0 Å². The number of amides is 4. The number of benzene rings is 2. The summed E-state index contributed by atoms with van der Waals surface area (Å²) in [5.74, 6) is -9.67. The zero-order valence-electron chi connectivity index (χ0n) is 26.3. The standard InChI is InChI=1S/C28H28F3N5O4/c1-13(2)8-20(35(3)25(38)19-9-14-16(29)10-17(30)22(31)23(14)33-19)26(39)36-12-28(11-21(36)24(32)37)15-6-4-5-7-18(15)34-27(28)40/h4-7,9-10,13,20-21,33H,8,11-12H2,1-3H3,(H2,32,37)(H,34,40)/t20-,21-,28-/m0/s1/i3D3,12D2. The Morgan fingerprint density at radius 1 is 1.23 bits per heavy atom. The highest BCUT2D eigenvalue weighted by molar-refractivity contribution is 6.08. The summed E-state index contributed by atoms with van der Waals surface area (Å²) in [6.07, 6.45) is -0.958. The molecule has 3 aromatic rings. The minimum Gasteiger partial charge on any atom is -0.368 e. The molecule has 2 aromatic carbocycles. The number of anilines is 1. The minimum atomic E-state index is -3.41. The summed E-state index contributed by atoms with van der Waals surface area (Å²) in [5.41, 5.74) is 2.45. The third kappa shape index (κ3) is 4.18. The van der Waals surface area contributed by atoms with E-state index in [0.717, 1.165) is 6.07 Å². The molecule has 2 aliphatic heterocycles. The van der Waals surface area contributed by atoms with Crippen LogP contribution in [0.3, 0.4) is 0 Å². The monoisotopic (exact) mass is 560 g/mol. The second kappa shape index (κ2) is 9.68. The topological polar surface area (TPSA) is 129 Å². The Kier molecular flexibility index (Phi) is 5.20. The number of para-hydroxylation sites is 1. The normalized spacial score (nSPS) is 24.1. The summed E-state index contributed by atoms with van der Waals surface area (Å²) >= 11 is 0. The fourth-order valence-corrected chi connectivity index (χ4v) is 5.27. The molecule has 4 N–H and O–H groups in total. The van der Waals surface area contributed by atoms with Gasteiger partial charge in [0.05, 0.1) is 13.7 Å². The number of nitrogens with zero attached hydrogens (tertiary/aromatic N) is 2. The molecule has 3 atom stereocenters. The molecule has 1 aromatic heterocycles. The van der Waals surface area contributed by atoms with E-state index in [1.54, 1.807) is 19.9 Å². The molecular weight excluding hydrogens is 527 g/mol. The van der Waals surface area contributed by atoms with Crippen LogP contribution in [0.5, 0.6) is 0 Å². The van der Waals surface area contributed by atoms with Gasteiger partial charge in [0.25, 0.3) is 5.91 Å². The van der Waals surface area contributed by atoms with Crippen LogP contribution in [0.25, 0.3) is 10.9 Å². The highest BCUT2D eigenvalue weighted by Gasteiger charge is 2.57. The van der Waals surface area contributed by atoms with E-state index in [1.807, 2.05) is 0 Å². The molecule has 4 amide bonds. The SMILES string of the molecule is [2H]C([2H])([2H])N(C(=O)c1cc2c(F)cc(F)c(F)c2[nH]1)[C@@H](CC(C)C)C(=O)N1[C@H](C(N)=O)C[C@]2(C(=O)Nc3ccccc32)C1([2H])[2H]. The van der Waals surface area contributed by atoms with Gasteiger partial charge in [0.15, 0.2) is 11.6 Å². The fraction of sp³-hybridized carbons (Fsp3) is 0.357. The third-order valence-electron chi connectivity index (χ3n) is 7.21. The average Bonchev–Trinajstić information content (AvgIpc) is 3.57. The minimum absolute atomic E-state index is 0.147. The Labute approximate surface area is 234 Å². The molecule has 3 heterocycles. The molecule has 1 saturated heterocycles. The number of rotatable bonds is 6. The van der Waals surface area contributed by atoms with Gasteiger partial charge in [-0.05, 0) is 36.5 Å². The Hall–Kier alpha value is -4.35. The van der Waals surface area contributed by atoms with Gasteiger partial charge < -0.3 is 25.8 Å². The number of fused-ring (bicyclic) bond motifs is 3. The Morgan fingerprint density at radius 2 is 1.95 bits per heavy atom. The van der Waals surface area contributed by atoms with Crippen molar-refractivity contribution in [2.75, 3.05) is 18.8 Å². The van der Waals surface area contributed by atoms with Gasteiger partial charge in [0.2, 0.25) is 17.7 Å². The average molecular weight is 561 g/mol. The summed E-state index contributed by atoms with van der Waals surface area (Å²) in [4.78, 5) is 57.2. The highest BCUT2D eigenvalue weighted by atomic mass is 19.2. The van der Waals surface area contributed by atoms with E-state index >= 15 is 0 Å². The van der Waals surface area contributed by atoms with Crippen LogP contribution in [0.2, 0.25) is 0 Å². The van der Waals surface area contributed by atoms with E-state index in [4.69, 9.17) is 12.6 Å². The largest absolute Gasteiger partial charge is 0.368 e. The van der Waals surface area contributed by atoms with Crippen LogP contribution in [0.1, 0.15) is 49.6 Å². The van der Waals surface area contributed by atoms with Crippen molar-refractivity contribution in [2.45, 2.75) is 44.2 Å². The first-order valence-corrected chi connectivity index (χ1v) is 12.4. The van der Waals surface area contributed by atoms with Crippen molar-refractivity contribution < 1.29 is 39.2 Å². The van der Waals surface area contributed by atoms with Crippen LogP contribution in [0.15, 0.2) is 36.4 Å². The number of carbonyl (C=O) groups is 4. The molecule has 0 radical (unpaired) electrons. The molecule has 0 unspecified atom stereocenters. The van der Waals surface area contributed by atoms with Gasteiger partial charge in [-0.2, -0.15) is 0 Å². The molecule has 5 rings (SSSR count). The van der Waals surface area contributed by atoms with E-state index in [9.17, 15) is 32.3 Å². The first kappa shape index (κ1) is 21.5. The van der Waals surface area contributed by atoms with Crippen molar-refractivity contribution in [3.63, 3.8) is 0 Å². The second-order valence-electron chi connectivity index (χ2n) is 10.3. The summed E-state index contributed by atoms with van der Waals surface area (Å²) in [6, 6.07) is 3.37. The van der Waals surface area contributed by atoms with Crippen molar-refractivity contribution >= 4 is 40.2 Å². The first-order chi connectivity index (χ1) is 20.8. The number of likely N-dealkylation sites (tertiary alicyclic amines) is 1. The summed E-state index contributed by atoms with van der Waals surface area (Å²) in [7, 11) is 0. The molecule has 12 heteroatoms. The van der Waals surface area contributed by atoms with E-state index in [-0.39, 0.29) is 28.6 Å². The molecule has 0 aliphatic carbocycles. The lowest BCUT2D eigenvalue weighted by atomic mass is 9.79. The van der Waals surface area contributed by atoms with Gasteiger partial charge in [0, 0.05) is 34.7 Å². The van der Waals surface area contributed by atoms with Gasteiger partial charge >= 0.3 is 0 Å². The molecule has 40 heavy (non-hydrogen) atoms. The number of aromatic amines is 1.